The molecule has 0 aromatic carbocycles. The summed E-state index contributed by atoms with van der Waals surface area (Å²) in [7, 11) is 1.77. The number of nitrogens with zero attached hydrogens (tertiary/aromatic N) is 1. The van der Waals surface area contributed by atoms with Crippen LogP contribution in [-0.2, 0) is 14.3 Å². The van der Waals surface area contributed by atoms with Gasteiger partial charge in [-0.2, -0.15) is 0 Å². The van der Waals surface area contributed by atoms with Gasteiger partial charge >= 0.3 is 0 Å². The molecule has 3 saturated carbocycles. The molecule has 4 aliphatic rings. The van der Waals surface area contributed by atoms with E-state index in [9.17, 15) is 15.0 Å². The molecule has 1 aliphatic heterocycles. The Morgan fingerprint density at radius 1 is 1.04 bits per heavy atom. The smallest absolute Gasteiger partial charge is 0.248 e. The largest absolute Gasteiger partial charge is 0.396 e. The Morgan fingerprint density at radius 2 is 1.70 bits per heavy atom. The zero-order valence-corrected chi connectivity index (χ0v) is 16.9. The zero-order valence-electron chi connectivity index (χ0n) is 16.9. The van der Waals surface area contributed by atoms with E-state index < -0.39 is 12.4 Å². The number of amides is 1. The molecule has 6 nitrogen and oxygen atoms in total. The minimum atomic E-state index is -0.472. The first kappa shape index (κ1) is 19.6. The molecule has 1 amide bonds. The number of carbonyl (C=O) groups is 1. The lowest BCUT2D eigenvalue weighted by atomic mass is 9.48. The second kappa shape index (κ2) is 6.68. The van der Waals surface area contributed by atoms with Gasteiger partial charge in [-0.1, -0.05) is 13.8 Å². The van der Waals surface area contributed by atoms with E-state index in [0.29, 0.717) is 31.0 Å². The van der Waals surface area contributed by atoms with Crippen molar-refractivity contribution in [3.63, 3.8) is 0 Å². The van der Waals surface area contributed by atoms with Crippen molar-refractivity contribution in [2.75, 3.05) is 33.5 Å². The number of fused-ring (bicyclic) bond motifs is 4. The fourth-order valence-corrected chi connectivity index (χ4v) is 7.47. The van der Waals surface area contributed by atoms with Gasteiger partial charge in [-0.15, -0.1) is 0 Å². The second-order valence-electron chi connectivity index (χ2n) is 9.74. The van der Waals surface area contributed by atoms with Crippen molar-refractivity contribution in [3.8, 4) is 0 Å². The van der Waals surface area contributed by atoms with Crippen LogP contribution in [0.1, 0.15) is 52.4 Å². The molecule has 4 rings (SSSR count). The van der Waals surface area contributed by atoms with Crippen molar-refractivity contribution < 1.29 is 24.5 Å². The Balaban J connectivity index is 1.62. The first-order valence-corrected chi connectivity index (χ1v) is 10.6. The van der Waals surface area contributed by atoms with Crippen LogP contribution in [0.15, 0.2) is 0 Å². The van der Waals surface area contributed by atoms with Gasteiger partial charge in [0.15, 0.2) is 5.79 Å². The zero-order chi connectivity index (χ0) is 19.4. The Labute approximate surface area is 162 Å². The van der Waals surface area contributed by atoms with Gasteiger partial charge in [0.2, 0.25) is 5.91 Å². The molecule has 2 N–H and O–H groups in total. The monoisotopic (exact) mass is 381 g/mol. The van der Waals surface area contributed by atoms with Crippen molar-refractivity contribution in [3.05, 3.63) is 0 Å². The van der Waals surface area contributed by atoms with Gasteiger partial charge < -0.3 is 24.6 Å². The molecule has 0 aromatic heterocycles. The van der Waals surface area contributed by atoms with Gasteiger partial charge in [0.25, 0.3) is 0 Å². The molecule has 27 heavy (non-hydrogen) atoms. The van der Waals surface area contributed by atoms with Gasteiger partial charge in [-0.05, 0) is 49.9 Å². The molecule has 6 atom stereocenters. The number of likely N-dealkylation sites (N-methyl/N-ethyl adjacent to an activating group) is 1. The van der Waals surface area contributed by atoms with Gasteiger partial charge in [0, 0.05) is 30.3 Å². The van der Waals surface area contributed by atoms with Crippen molar-refractivity contribution in [1.82, 2.24) is 4.90 Å². The predicted molar refractivity (Wildman–Crippen MR) is 99.8 cm³/mol. The summed E-state index contributed by atoms with van der Waals surface area (Å²) in [4.78, 5) is 13.8. The highest BCUT2D eigenvalue weighted by Gasteiger charge is 2.67. The minimum Gasteiger partial charge on any atom is -0.396 e. The van der Waals surface area contributed by atoms with Crippen molar-refractivity contribution in [2.24, 2.45) is 28.6 Å². The number of ether oxygens (including phenoxy) is 2. The number of rotatable bonds is 3. The Kier molecular flexibility index (Phi) is 4.86. The van der Waals surface area contributed by atoms with Crippen LogP contribution in [0.25, 0.3) is 0 Å². The Bertz CT molecular complexity index is 591. The maximum Gasteiger partial charge on any atom is 0.248 e. The summed E-state index contributed by atoms with van der Waals surface area (Å²) in [5.41, 5.74) is -0.294. The van der Waals surface area contributed by atoms with E-state index in [0.717, 1.165) is 38.5 Å². The first-order valence-electron chi connectivity index (χ1n) is 10.6. The van der Waals surface area contributed by atoms with E-state index in [1.165, 1.54) is 0 Å². The van der Waals surface area contributed by atoms with Crippen LogP contribution < -0.4 is 0 Å². The normalized spacial score (nSPS) is 45.5. The average molecular weight is 382 g/mol. The van der Waals surface area contributed by atoms with Gasteiger partial charge in [0.1, 0.15) is 6.61 Å². The first-order chi connectivity index (χ1) is 12.8. The summed E-state index contributed by atoms with van der Waals surface area (Å²) in [5.74, 6) is 0.789. The van der Waals surface area contributed by atoms with Crippen molar-refractivity contribution in [2.45, 2.75) is 64.2 Å². The van der Waals surface area contributed by atoms with Crippen molar-refractivity contribution >= 4 is 5.91 Å². The lowest BCUT2D eigenvalue weighted by Crippen LogP contribution is -2.61. The number of aliphatic hydroxyl groups is 2. The molecule has 0 bridgehead atoms. The SMILES string of the molecule is CN(C(=O)CO)C1CCC2C(CCC3(C)C2CCC32OCCO2)C1(C)CO. The van der Waals surface area contributed by atoms with E-state index in [4.69, 9.17) is 9.47 Å². The molecule has 154 valence electrons. The minimum absolute atomic E-state index is 0.0258. The molecular formula is C21H35NO5. The summed E-state index contributed by atoms with van der Waals surface area (Å²) in [6.07, 6.45) is 6.10. The van der Waals surface area contributed by atoms with Crippen LogP contribution in [0.5, 0.6) is 0 Å². The molecule has 1 heterocycles. The van der Waals surface area contributed by atoms with E-state index in [2.05, 4.69) is 13.8 Å². The fraction of sp³-hybridized carbons (Fsp3) is 0.952. The number of hydrogen-bond donors (Lipinski definition) is 2. The van der Waals surface area contributed by atoms with Crippen molar-refractivity contribution in [1.29, 1.82) is 0 Å². The van der Waals surface area contributed by atoms with Crippen LogP contribution in [0.3, 0.4) is 0 Å². The van der Waals surface area contributed by atoms with E-state index in [1.807, 2.05) is 0 Å². The second-order valence-corrected chi connectivity index (χ2v) is 9.74. The molecule has 3 aliphatic carbocycles. The Hall–Kier alpha value is -0.690. The average Bonchev–Trinajstić information content (AvgIpc) is 3.27. The third kappa shape index (κ3) is 2.56. The highest BCUT2D eigenvalue weighted by Crippen LogP contribution is 2.67. The third-order valence-corrected chi connectivity index (χ3v) is 8.95. The van der Waals surface area contributed by atoms with E-state index in [1.54, 1.807) is 11.9 Å². The molecule has 1 saturated heterocycles. The quantitative estimate of drug-likeness (QED) is 0.779. The third-order valence-electron chi connectivity index (χ3n) is 8.95. The lowest BCUT2D eigenvalue weighted by molar-refractivity contribution is -0.247. The maximum atomic E-state index is 12.1. The highest BCUT2D eigenvalue weighted by molar-refractivity contribution is 5.77. The van der Waals surface area contributed by atoms with Crippen LogP contribution in [-0.4, -0.2) is 66.3 Å². The number of carbonyl (C=O) groups excluding carboxylic acids is 1. The summed E-state index contributed by atoms with van der Waals surface area (Å²) < 4.78 is 12.4. The maximum absolute atomic E-state index is 12.1. The van der Waals surface area contributed by atoms with Crippen LogP contribution in [0.2, 0.25) is 0 Å². The van der Waals surface area contributed by atoms with E-state index in [-0.39, 0.29) is 29.4 Å². The molecular weight excluding hydrogens is 346 g/mol. The van der Waals surface area contributed by atoms with E-state index >= 15 is 0 Å². The van der Waals surface area contributed by atoms with Gasteiger partial charge in [-0.3, -0.25) is 4.79 Å². The lowest BCUT2D eigenvalue weighted by Gasteiger charge is -2.60. The highest BCUT2D eigenvalue weighted by atomic mass is 16.7. The van der Waals surface area contributed by atoms with Gasteiger partial charge in [0.05, 0.1) is 19.8 Å². The molecule has 4 fully saturated rings. The number of aliphatic hydroxyl groups excluding tert-OH is 2. The predicted octanol–water partition coefficient (Wildman–Crippen LogP) is 1.78. The summed E-state index contributed by atoms with van der Waals surface area (Å²) in [6.45, 7) is 5.49. The molecule has 6 heteroatoms. The van der Waals surface area contributed by atoms with Crippen LogP contribution >= 0.6 is 0 Å². The molecule has 0 aromatic rings. The molecule has 6 unspecified atom stereocenters. The van der Waals surface area contributed by atoms with Crippen LogP contribution in [0.4, 0.5) is 0 Å². The van der Waals surface area contributed by atoms with Gasteiger partial charge in [-0.25, -0.2) is 0 Å². The number of hydrogen-bond acceptors (Lipinski definition) is 5. The summed E-state index contributed by atoms with van der Waals surface area (Å²) in [6, 6.07) is -0.0258. The Morgan fingerprint density at radius 3 is 2.33 bits per heavy atom. The molecule has 1 spiro atoms. The fourth-order valence-electron chi connectivity index (χ4n) is 7.47. The summed E-state index contributed by atoms with van der Waals surface area (Å²) in [5, 5.41) is 19.7. The standard InChI is InChI=1S/C21H35NO5/c1-19(13-24)15-6-8-20(2)16(7-9-21(20)26-10-11-27-21)14(15)4-5-17(19)22(3)18(25)12-23/h14-17,23-24H,4-13H2,1-3H3. The van der Waals surface area contributed by atoms with Crippen LogP contribution in [0, 0.1) is 28.6 Å². The summed E-state index contributed by atoms with van der Waals surface area (Å²) >= 11 is 0. The topological polar surface area (TPSA) is 79.2 Å². The molecule has 0 radical (unpaired) electrons.